The molecular formula is C15H19FO. The van der Waals surface area contributed by atoms with Gasteiger partial charge in [0.25, 0.3) is 0 Å². The molecule has 17 heavy (non-hydrogen) atoms. The number of carbonyl (C=O) groups is 1. The van der Waals surface area contributed by atoms with E-state index in [1.165, 1.54) is 12.5 Å². The van der Waals surface area contributed by atoms with Gasteiger partial charge in [-0.25, -0.2) is 4.39 Å². The first-order valence-corrected chi connectivity index (χ1v) is 6.38. The monoisotopic (exact) mass is 234 g/mol. The predicted molar refractivity (Wildman–Crippen MR) is 66.6 cm³/mol. The molecule has 0 spiro atoms. The number of ketones is 1. The second-order valence-electron chi connectivity index (χ2n) is 5.30. The summed E-state index contributed by atoms with van der Waals surface area (Å²) in [4.78, 5) is 12.2. The summed E-state index contributed by atoms with van der Waals surface area (Å²) in [6, 6.07) is 4.83. The summed E-state index contributed by atoms with van der Waals surface area (Å²) < 4.78 is 13.4. The minimum atomic E-state index is -0.278. The van der Waals surface area contributed by atoms with Gasteiger partial charge in [-0.3, -0.25) is 4.79 Å². The highest BCUT2D eigenvalue weighted by atomic mass is 19.1. The van der Waals surface area contributed by atoms with Crippen molar-refractivity contribution in [3.63, 3.8) is 0 Å². The van der Waals surface area contributed by atoms with Crippen molar-refractivity contribution < 1.29 is 9.18 Å². The largest absolute Gasteiger partial charge is 0.294 e. The Balaban J connectivity index is 2.15. The molecule has 2 rings (SSSR count). The summed E-state index contributed by atoms with van der Waals surface area (Å²) in [6.07, 6.45) is 4.24. The van der Waals surface area contributed by atoms with Crippen LogP contribution in [0.2, 0.25) is 0 Å². The van der Waals surface area contributed by atoms with E-state index in [4.69, 9.17) is 0 Å². The number of halogens is 1. The average molecular weight is 234 g/mol. The minimum Gasteiger partial charge on any atom is -0.294 e. The number of benzene rings is 1. The molecular weight excluding hydrogens is 215 g/mol. The Morgan fingerprint density at radius 1 is 1.35 bits per heavy atom. The van der Waals surface area contributed by atoms with Crippen LogP contribution < -0.4 is 0 Å². The summed E-state index contributed by atoms with van der Waals surface area (Å²) in [5.41, 5.74) is 1.13. The van der Waals surface area contributed by atoms with Gasteiger partial charge in [-0.1, -0.05) is 31.9 Å². The minimum absolute atomic E-state index is 0.0980. The van der Waals surface area contributed by atoms with E-state index in [2.05, 4.69) is 6.92 Å². The highest BCUT2D eigenvalue weighted by molar-refractivity contribution is 5.97. The molecule has 0 amide bonds. The van der Waals surface area contributed by atoms with E-state index >= 15 is 0 Å². The Morgan fingerprint density at radius 3 is 2.76 bits per heavy atom. The topological polar surface area (TPSA) is 17.1 Å². The van der Waals surface area contributed by atoms with Crippen LogP contribution in [-0.2, 0) is 0 Å². The third-order valence-corrected chi connectivity index (χ3v) is 3.76. The first-order valence-electron chi connectivity index (χ1n) is 6.38. The van der Waals surface area contributed by atoms with Gasteiger partial charge in [0, 0.05) is 11.5 Å². The Hall–Kier alpha value is -1.18. The molecule has 0 aromatic heterocycles. The molecule has 0 bridgehead atoms. The zero-order valence-corrected chi connectivity index (χ0v) is 10.5. The van der Waals surface area contributed by atoms with E-state index in [0.29, 0.717) is 17.0 Å². The maximum absolute atomic E-state index is 13.4. The number of rotatable bonds is 2. The lowest BCUT2D eigenvalue weighted by Gasteiger charge is -2.25. The van der Waals surface area contributed by atoms with Crippen LogP contribution >= 0.6 is 0 Å². The van der Waals surface area contributed by atoms with Gasteiger partial charge in [0.1, 0.15) is 5.82 Å². The highest BCUT2D eigenvalue weighted by Crippen LogP contribution is 2.31. The van der Waals surface area contributed by atoms with Crippen molar-refractivity contribution in [2.24, 2.45) is 11.8 Å². The Labute approximate surface area is 102 Å². The highest BCUT2D eigenvalue weighted by Gasteiger charge is 2.26. The third-order valence-electron chi connectivity index (χ3n) is 3.76. The van der Waals surface area contributed by atoms with Gasteiger partial charge in [-0.2, -0.15) is 0 Å². The van der Waals surface area contributed by atoms with Crippen LogP contribution in [0.4, 0.5) is 4.39 Å². The van der Waals surface area contributed by atoms with Gasteiger partial charge in [-0.15, -0.1) is 0 Å². The first-order chi connectivity index (χ1) is 8.08. The molecule has 0 heterocycles. The van der Waals surface area contributed by atoms with Crippen LogP contribution in [0.1, 0.15) is 48.5 Å². The Bertz CT molecular complexity index is 425. The zero-order valence-electron chi connectivity index (χ0n) is 10.5. The summed E-state index contributed by atoms with van der Waals surface area (Å²) in [6.45, 7) is 3.90. The fourth-order valence-corrected chi connectivity index (χ4v) is 2.65. The van der Waals surface area contributed by atoms with Crippen molar-refractivity contribution in [1.29, 1.82) is 0 Å². The van der Waals surface area contributed by atoms with E-state index in [1.54, 1.807) is 19.1 Å². The molecule has 0 N–H and O–H groups in total. The summed E-state index contributed by atoms with van der Waals surface area (Å²) >= 11 is 0. The van der Waals surface area contributed by atoms with Crippen LogP contribution in [-0.4, -0.2) is 5.78 Å². The van der Waals surface area contributed by atoms with Crippen molar-refractivity contribution in [3.05, 3.63) is 35.1 Å². The van der Waals surface area contributed by atoms with Crippen molar-refractivity contribution in [2.75, 3.05) is 0 Å². The maximum Gasteiger partial charge on any atom is 0.166 e. The predicted octanol–water partition coefficient (Wildman–Crippen LogP) is 4.14. The molecule has 1 nitrogen and oxygen atoms in total. The number of Topliss-reactive ketones (excluding diaryl/α,β-unsaturated/α-hetero) is 1. The lowest BCUT2D eigenvalue weighted by Crippen LogP contribution is -2.22. The molecule has 2 atom stereocenters. The zero-order chi connectivity index (χ0) is 12.4. The van der Waals surface area contributed by atoms with Crippen LogP contribution in [0, 0.1) is 24.6 Å². The van der Waals surface area contributed by atoms with E-state index in [1.807, 2.05) is 0 Å². The van der Waals surface area contributed by atoms with Crippen molar-refractivity contribution in [2.45, 2.75) is 39.5 Å². The van der Waals surface area contributed by atoms with E-state index < -0.39 is 0 Å². The second kappa shape index (κ2) is 4.99. The van der Waals surface area contributed by atoms with E-state index in [0.717, 1.165) is 19.3 Å². The Morgan fingerprint density at radius 2 is 2.12 bits per heavy atom. The number of aryl methyl sites for hydroxylation is 1. The number of hydrogen-bond acceptors (Lipinski definition) is 1. The van der Waals surface area contributed by atoms with Crippen LogP contribution in [0.3, 0.4) is 0 Å². The molecule has 2 heteroatoms. The van der Waals surface area contributed by atoms with E-state index in [9.17, 15) is 9.18 Å². The van der Waals surface area contributed by atoms with Gasteiger partial charge in [0.15, 0.2) is 5.78 Å². The molecule has 0 radical (unpaired) electrons. The molecule has 1 aliphatic rings. The molecule has 1 saturated carbocycles. The van der Waals surface area contributed by atoms with Gasteiger partial charge in [0.05, 0.1) is 0 Å². The molecule has 1 aliphatic carbocycles. The average Bonchev–Trinajstić information content (AvgIpc) is 2.32. The van der Waals surface area contributed by atoms with Crippen molar-refractivity contribution >= 4 is 5.78 Å². The fourth-order valence-electron chi connectivity index (χ4n) is 2.65. The van der Waals surface area contributed by atoms with Crippen molar-refractivity contribution in [1.82, 2.24) is 0 Å². The molecule has 92 valence electrons. The quantitative estimate of drug-likeness (QED) is 0.703. The van der Waals surface area contributed by atoms with Crippen molar-refractivity contribution in [3.8, 4) is 0 Å². The summed E-state index contributed by atoms with van der Waals surface area (Å²) in [5, 5.41) is 0. The summed E-state index contributed by atoms with van der Waals surface area (Å²) in [7, 11) is 0. The molecule has 1 fully saturated rings. The lowest BCUT2D eigenvalue weighted by atomic mass is 9.79. The van der Waals surface area contributed by atoms with Gasteiger partial charge < -0.3 is 0 Å². The maximum atomic E-state index is 13.4. The van der Waals surface area contributed by atoms with Crippen LogP contribution in [0.5, 0.6) is 0 Å². The lowest BCUT2D eigenvalue weighted by molar-refractivity contribution is 0.0868. The van der Waals surface area contributed by atoms with Gasteiger partial charge >= 0.3 is 0 Å². The second-order valence-corrected chi connectivity index (χ2v) is 5.30. The number of carbonyl (C=O) groups excluding carboxylic acids is 1. The van der Waals surface area contributed by atoms with Gasteiger partial charge in [0.2, 0.25) is 0 Å². The van der Waals surface area contributed by atoms with Gasteiger partial charge in [-0.05, 0) is 37.3 Å². The molecule has 1 aromatic rings. The van der Waals surface area contributed by atoms with Crippen LogP contribution in [0.25, 0.3) is 0 Å². The third kappa shape index (κ3) is 2.74. The van der Waals surface area contributed by atoms with Crippen LogP contribution in [0.15, 0.2) is 18.2 Å². The first kappa shape index (κ1) is 12.3. The Kier molecular flexibility index (Phi) is 3.60. The molecule has 0 saturated heterocycles. The molecule has 0 aliphatic heterocycles. The fraction of sp³-hybridized carbons (Fsp3) is 0.533. The smallest absolute Gasteiger partial charge is 0.166 e. The number of hydrogen-bond donors (Lipinski definition) is 0. The van der Waals surface area contributed by atoms with E-state index in [-0.39, 0.29) is 17.5 Å². The molecule has 1 aromatic carbocycles. The standard InChI is InChI=1S/C15H19FO/c1-10-4-3-5-12(8-10)15(17)13-7-6-11(2)14(16)9-13/h6-7,9-10,12H,3-5,8H2,1-2H3. The summed E-state index contributed by atoms with van der Waals surface area (Å²) in [5.74, 6) is 0.559. The molecule has 2 unspecified atom stereocenters. The normalized spacial score (nSPS) is 24.6. The SMILES string of the molecule is Cc1ccc(C(=O)C2CCCC(C)C2)cc1F.